The van der Waals surface area contributed by atoms with Crippen LogP contribution in [-0.4, -0.2) is 4.57 Å². The van der Waals surface area contributed by atoms with Crippen LogP contribution < -0.4 is 11.3 Å². The summed E-state index contributed by atoms with van der Waals surface area (Å²) >= 11 is 0. The summed E-state index contributed by atoms with van der Waals surface area (Å²) in [6.07, 6.45) is 5.38. The van der Waals surface area contributed by atoms with Crippen LogP contribution in [-0.2, 0) is 19.4 Å². The summed E-state index contributed by atoms with van der Waals surface area (Å²) in [5, 5.41) is 0. The molecule has 1 aliphatic rings. The molecule has 0 aliphatic heterocycles. The van der Waals surface area contributed by atoms with Crippen molar-refractivity contribution in [2.45, 2.75) is 25.8 Å². The number of fused-ring (bicyclic) bond motifs is 1. The van der Waals surface area contributed by atoms with Gasteiger partial charge in [0.05, 0.1) is 12.2 Å². The van der Waals surface area contributed by atoms with Crippen LogP contribution in [0.3, 0.4) is 0 Å². The van der Waals surface area contributed by atoms with E-state index in [4.69, 9.17) is 5.73 Å². The number of nitrogen functional groups attached to an aromatic ring is 1. The molecule has 2 N–H and O–H groups in total. The number of hydrogen-bond acceptors (Lipinski definition) is 2. The molecular formula is C15H16N2O. The molecule has 3 heteroatoms. The number of nitrogens with two attached hydrogens (primary N) is 1. The molecule has 0 saturated heterocycles. The molecular weight excluding hydrogens is 224 g/mol. The minimum atomic E-state index is -0.113. The third-order valence-corrected chi connectivity index (χ3v) is 3.57. The Balaban J connectivity index is 1.93. The van der Waals surface area contributed by atoms with E-state index in [2.05, 4.69) is 18.2 Å². The second-order valence-electron chi connectivity index (χ2n) is 4.85. The summed E-state index contributed by atoms with van der Waals surface area (Å²) < 4.78 is 1.66. The van der Waals surface area contributed by atoms with E-state index in [1.807, 2.05) is 6.07 Å². The molecule has 0 radical (unpaired) electrons. The highest BCUT2D eigenvalue weighted by molar-refractivity contribution is 5.37. The lowest BCUT2D eigenvalue weighted by molar-refractivity contribution is 0.761. The molecule has 3 rings (SSSR count). The minimum Gasteiger partial charge on any atom is -0.394 e. The number of hydrogen-bond donors (Lipinski definition) is 1. The summed E-state index contributed by atoms with van der Waals surface area (Å²) in [6.45, 7) is 0.594. The maximum Gasteiger partial charge on any atom is 0.273 e. The lowest BCUT2D eigenvalue weighted by atomic mass is 10.1. The summed E-state index contributed by atoms with van der Waals surface area (Å²) in [7, 11) is 0. The van der Waals surface area contributed by atoms with Crippen LogP contribution >= 0.6 is 0 Å². The Kier molecular flexibility index (Phi) is 2.67. The predicted octanol–water partition coefficient (Wildman–Crippen LogP) is 1.97. The van der Waals surface area contributed by atoms with Crippen molar-refractivity contribution in [1.29, 1.82) is 0 Å². The van der Waals surface area contributed by atoms with Crippen LogP contribution in [0.1, 0.15) is 23.1 Å². The van der Waals surface area contributed by atoms with Gasteiger partial charge in [-0.2, -0.15) is 0 Å². The monoisotopic (exact) mass is 240 g/mol. The quantitative estimate of drug-likeness (QED) is 0.872. The average molecular weight is 240 g/mol. The molecule has 0 fully saturated rings. The number of benzene rings is 1. The molecule has 3 nitrogen and oxygen atoms in total. The van der Waals surface area contributed by atoms with Crippen LogP contribution in [0, 0.1) is 0 Å². The molecule has 0 saturated carbocycles. The number of nitrogens with zero attached hydrogens (tertiary/aromatic N) is 1. The van der Waals surface area contributed by atoms with Crippen molar-refractivity contribution >= 4 is 5.69 Å². The van der Waals surface area contributed by atoms with Crippen molar-refractivity contribution in [3.05, 3.63) is 63.6 Å². The highest BCUT2D eigenvalue weighted by Gasteiger charge is 2.11. The van der Waals surface area contributed by atoms with E-state index in [1.54, 1.807) is 16.8 Å². The number of aromatic nitrogens is 1. The van der Waals surface area contributed by atoms with E-state index >= 15 is 0 Å². The van der Waals surface area contributed by atoms with Crippen molar-refractivity contribution in [2.24, 2.45) is 0 Å². The predicted molar refractivity (Wildman–Crippen MR) is 72.7 cm³/mol. The van der Waals surface area contributed by atoms with Gasteiger partial charge < -0.3 is 10.3 Å². The van der Waals surface area contributed by atoms with Crippen molar-refractivity contribution in [3.8, 4) is 0 Å². The smallest absolute Gasteiger partial charge is 0.273 e. The first kappa shape index (κ1) is 11.1. The van der Waals surface area contributed by atoms with E-state index < -0.39 is 0 Å². The van der Waals surface area contributed by atoms with Crippen LogP contribution in [0.15, 0.2) is 41.3 Å². The van der Waals surface area contributed by atoms with Gasteiger partial charge in [-0.1, -0.05) is 18.2 Å². The van der Waals surface area contributed by atoms with Crippen LogP contribution in [0.2, 0.25) is 0 Å². The third kappa shape index (κ3) is 1.92. The van der Waals surface area contributed by atoms with Crippen molar-refractivity contribution in [1.82, 2.24) is 4.57 Å². The summed E-state index contributed by atoms with van der Waals surface area (Å²) in [5.74, 6) is 0. The Morgan fingerprint density at radius 2 is 2.00 bits per heavy atom. The SMILES string of the molecule is Nc1cccn(Cc2ccc3c(c2)CCC3)c1=O. The average Bonchev–Trinajstić information content (AvgIpc) is 2.82. The molecule has 92 valence electrons. The van der Waals surface area contributed by atoms with Gasteiger partial charge in [-0.15, -0.1) is 0 Å². The van der Waals surface area contributed by atoms with E-state index in [0.29, 0.717) is 12.2 Å². The van der Waals surface area contributed by atoms with Gasteiger partial charge in [0.25, 0.3) is 5.56 Å². The fraction of sp³-hybridized carbons (Fsp3) is 0.267. The van der Waals surface area contributed by atoms with Gasteiger partial charge in [0.15, 0.2) is 0 Å². The standard InChI is InChI=1S/C15H16N2O/c16-14-5-2-8-17(15(14)18)10-11-6-7-12-3-1-4-13(12)9-11/h2,5-9H,1,3-4,10,16H2. The zero-order valence-electron chi connectivity index (χ0n) is 10.2. The van der Waals surface area contributed by atoms with E-state index in [0.717, 1.165) is 6.42 Å². The van der Waals surface area contributed by atoms with E-state index in [-0.39, 0.29) is 5.56 Å². The van der Waals surface area contributed by atoms with Gasteiger partial charge in [0, 0.05) is 6.20 Å². The summed E-state index contributed by atoms with van der Waals surface area (Å²) in [6, 6.07) is 9.97. The van der Waals surface area contributed by atoms with E-state index in [1.165, 1.54) is 29.5 Å². The largest absolute Gasteiger partial charge is 0.394 e. The van der Waals surface area contributed by atoms with Crippen LogP contribution in [0.25, 0.3) is 0 Å². The molecule has 1 aliphatic carbocycles. The van der Waals surface area contributed by atoms with Crippen molar-refractivity contribution in [3.63, 3.8) is 0 Å². The Bertz CT molecular complexity index is 643. The molecule has 1 aromatic heterocycles. The zero-order valence-corrected chi connectivity index (χ0v) is 10.2. The van der Waals surface area contributed by atoms with Gasteiger partial charge in [-0.05, 0) is 48.1 Å². The third-order valence-electron chi connectivity index (χ3n) is 3.57. The normalized spacial score (nSPS) is 13.6. The highest BCUT2D eigenvalue weighted by Crippen LogP contribution is 2.22. The Morgan fingerprint density at radius 1 is 1.17 bits per heavy atom. The van der Waals surface area contributed by atoms with Crippen LogP contribution in [0.5, 0.6) is 0 Å². The molecule has 2 aromatic rings. The first-order chi connectivity index (χ1) is 8.74. The molecule has 1 heterocycles. The van der Waals surface area contributed by atoms with Gasteiger partial charge >= 0.3 is 0 Å². The second kappa shape index (κ2) is 4.33. The van der Waals surface area contributed by atoms with E-state index in [9.17, 15) is 4.79 Å². The maximum atomic E-state index is 11.8. The Morgan fingerprint density at radius 3 is 2.89 bits per heavy atom. The van der Waals surface area contributed by atoms with Gasteiger partial charge in [-0.3, -0.25) is 4.79 Å². The molecule has 0 unspecified atom stereocenters. The number of rotatable bonds is 2. The fourth-order valence-electron chi connectivity index (χ4n) is 2.60. The first-order valence-corrected chi connectivity index (χ1v) is 6.29. The molecule has 0 amide bonds. The highest BCUT2D eigenvalue weighted by atomic mass is 16.1. The van der Waals surface area contributed by atoms with Crippen molar-refractivity contribution in [2.75, 3.05) is 5.73 Å². The van der Waals surface area contributed by atoms with Gasteiger partial charge in [-0.25, -0.2) is 0 Å². The molecule has 1 aromatic carbocycles. The Hall–Kier alpha value is -2.03. The fourth-order valence-corrected chi connectivity index (χ4v) is 2.60. The zero-order chi connectivity index (χ0) is 12.5. The van der Waals surface area contributed by atoms with Gasteiger partial charge in [0.1, 0.15) is 0 Å². The maximum absolute atomic E-state index is 11.8. The molecule has 0 spiro atoms. The lowest BCUT2D eigenvalue weighted by Crippen LogP contribution is -2.22. The molecule has 18 heavy (non-hydrogen) atoms. The molecule has 0 atom stereocenters. The molecule has 0 bridgehead atoms. The topological polar surface area (TPSA) is 48.0 Å². The minimum absolute atomic E-state index is 0.113. The van der Waals surface area contributed by atoms with Gasteiger partial charge in [0.2, 0.25) is 0 Å². The van der Waals surface area contributed by atoms with Crippen molar-refractivity contribution < 1.29 is 0 Å². The number of anilines is 1. The van der Waals surface area contributed by atoms with Crippen LogP contribution in [0.4, 0.5) is 5.69 Å². The number of pyridine rings is 1. The second-order valence-corrected chi connectivity index (χ2v) is 4.85. The Labute approximate surface area is 106 Å². The first-order valence-electron chi connectivity index (χ1n) is 6.29. The summed E-state index contributed by atoms with van der Waals surface area (Å²) in [5.41, 5.74) is 9.88. The lowest BCUT2D eigenvalue weighted by Gasteiger charge is -2.08. The summed E-state index contributed by atoms with van der Waals surface area (Å²) in [4.78, 5) is 11.8. The number of aryl methyl sites for hydroxylation is 2.